The van der Waals surface area contributed by atoms with E-state index in [1.807, 2.05) is 11.4 Å². The van der Waals surface area contributed by atoms with Crippen LogP contribution < -0.4 is 10.6 Å². The lowest BCUT2D eigenvalue weighted by molar-refractivity contribution is -0.121. The summed E-state index contributed by atoms with van der Waals surface area (Å²) < 4.78 is 13.3. The Hall–Kier alpha value is -2.21. The minimum absolute atomic E-state index is 0.0742. The fourth-order valence-electron chi connectivity index (χ4n) is 2.98. The molecular weight excluding hydrogens is 327 g/mol. The highest BCUT2D eigenvalue weighted by Gasteiger charge is 2.22. The lowest BCUT2D eigenvalue weighted by atomic mass is 9.87. The van der Waals surface area contributed by atoms with E-state index in [-0.39, 0.29) is 30.1 Å². The maximum Gasteiger partial charge on any atom is 0.261 e. The predicted molar refractivity (Wildman–Crippen MR) is 91.5 cm³/mol. The average Bonchev–Trinajstić information content (AvgIpc) is 3.09. The van der Waals surface area contributed by atoms with Crippen molar-refractivity contribution in [3.8, 4) is 0 Å². The molecule has 24 heavy (non-hydrogen) atoms. The van der Waals surface area contributed by atoms with Gasteiger partial charge in [-0.25, -0.2) is 4.39 Å². The third-order valence-corrected chi connectivity index (χ3v) is 5.01. The number of carbonyl (C=O) groups excluding carboxylic acids is 2. The molecule has 2 N–H and O–H groups in total. The first-order valence-corrected chi connectivity index (χ1v) is 8.91. The van der Waals surface area contributed by atoms with Crippen molar-refractivity contribution >= 4 is 23.2 Å². The zero-order chi connectivity index (χ0) is 16.9. The van der Waals surface area contributed by atoms with Crippen LogP contribution in [0.4, 0.5) is 4.39 Å². The Labute approximate surface area is 144 Å². The van der Waals surface area contributed by atoms with Gasteiger partial charge in [0.05, 0.1) is 10.9 Å². The Balaban J connectivity index is 1.50. The molecule has 0 radical (unpaired) electrons. The van der Waals surface area contributed by atoms with Gasteiger partial charge >= 0.3 is 0 Å². The molecule has 2 amide bonds. The number of carbonyl (C=O) groups is 2. The molecule has 0 unspecified atom stereocenters. The van der Waals surface area contributed by atoms with Gasteiger partial charge in [0.15, 0.2) is 0 Å². The summed E-state index contributed by atoms with van der Waals surface area (Å²) in [6, 6.07) is 8.23. The number of hydrogen-bond acceptors (Lipinski definition) is 3. The summed E-state index contributed by atoms with van der Waals surface area (Å²) in [5.41, 5.74) is 1.97. The molecule has 1 atom stereocenters. The van der Waals surface area contributed by atoms with E-state index in [1.54, 1.807) is 18.2 Å². The van der Waals surface area contributed by atoms with Gasteiger partial charge in [-0.3, -0.25) is 9.59 Å². The van der Waals surface area contributed by atoms with Crippen LogP contribution >= 0.6 is 11.3 Å². The summed E-state index contributed by atoms with van der Waals surface area (Å²) in [7, 11) is 0. The molecule has 126 valence electrons. The maximum atomic E-state index is 13.3. The van der Waals surface area contributed by atoms with Crippen LogP contribution in [0.15, 0.2) is 35.7 Å². The highest BCUT2D eigenvalue weighted by Crippen LogP contribution is 2.30. The van der Waals surface area contributed by atoms with E-state index in [0.29, 0.717) is 11.4 Å². The van der Waals surface area contributed by atoms with Gasteiger partial charge in [-0.15, -0.1) is 11.3 Å². The zero-order valence-electron chi connectivity index (χ0n) is 13.2. The third kappa shape index (κ3) is 4.00. The smallest absolute Gasteiger partial charge is 0.261 e. The van der Waals surface area contributed by atoms with Gasteiger partial charge in [0.1, 0.15) is 5.82 Å². The van der Waals surface area contributed by atoms with E-state index in [4.69, 9.17) is 0 Å². The van der Waals surface area contributed by atoms with Crippen LogP contribution in [-0.2, 0) is 11.2 Å². The molecule has 0 spiro atoms. The van der Waals surface area contributed by atoms with Crippen molar-refractivity contribution < 1.29 is 14.0 Å². The van der Waals surface area contributed by atoms with E-state index >= 15 is 0 Å². The average molecular weight is 346 g/mol. The minimum atomic E-state index is -0.239. The van der Waals surface area contributed by atoms with Crippen LogP contribution in [0.25, 0.3) is 0 Å². The Morgan fingerprint density at radius 2 is 2.17 bits per heavy atom. The molecule has 0 saturated heterocycles. The van der Waals surface area contributed by atoms with Crippen LogP contribution in [-0.4, -0.2) is 18.4 Å². The predicted octanol–water partition coefficient (Wildman–Crippen LogP) is 3.20. The van der Waals surface area contributed by atoms with Crippen LogP contribution in [0.1, 0.15) is 46.1 Å². The molecule has 0 aliphatic heterocycles. The summed E-state index contributed by atoms with van der Waals surface area (Å²) in [5, 5.41) is 7.57. The Morgan fingerprint density at radius 1 is 1.29 bits per heavy atom. The first-order chi connectivity index (χ1) is 11.6. The molecule has 1 aliphatic rings. The van der Waals surface area contributed by atoms with Gasteiger partial charge in [0.25, 0.3) is 5.91 Å². The third-order valence-electron chi connectivity index (χ3n) is 4.14. The molecule has 4 nitrogen and oxygen atoms in total. The Morgan fingerprint density at radius 3 is 2.96 bits per heavy atom. The normalized spacial score (nSPS) is 16.3. The Kier molecular flexibility index (Phi) is 5.25. The molecule has 1 heterocycles. The van der Waals surface area contributed by atoms with E-state index in [9.17, 15) is 14.0 Å². The van der Waals surface area contributed by atoms with Crippen molar-refractivity contribution in [1.29, 1.82) is 0 Å². The number of fused-ring (bicyclic) bond motifs is 1. The van der Waals surface area contributed by atoms with Crippen LogP contribution in [0.2, 0.25) is 0 Å². The summed E-state index contributed by atoms with van der Waals surface area (Å²) in [6.07, 6.45) is 2.85. The van der Waals surface area contributed by atoms with E-state index in [1.165, 1.54) is 17.4 Å². The number of rotatable bonds is 5. The van der Waals surface area contributed by atoms with Crippen LogP contribution in [0, 0.1) is 5.82 Å². The maximum absolute atomic E-state index is 13.3. The number of aryl methyl sites for hydroxylation is 1. The topological polar surface area (TPSA) is 58.2 Å². The minimum Gasteiger partial charge on any atom is -0.351 e. The van der Waals surface area contributed by atoms with Crippen molar-refractivity contribution in [2.75, 3.05) is 6.54 Å². The largest absolute Gasteiger partial charge is 0.351 e. The number of thiophene rings is 1. The molecular formula is C18H19FN2O2S. The quantitative estimate of drug-likeness (QED) is 0.873. The monoisotopic (exact) mass is 346 g/mol. The zero-order valence-corrected chi connectivity index (χ0v) is 14.0. The summed E-state index contributed by atoms with van der Waals surface area (Å²) >= 11 is 1.37. The molecule has 0 saturated carbocycles. The van der Waals surface area contributed by atoms with Crippen molar-refractivity contribution in [2.45, 2.75) is 31.7 Å². The summed E-state index contributed by atoms with van der Waals surface area (Å²) in [5.74, 6) is -0.503. The van der Waals surface area contributed by atoms with Crippen molar-refractivity contribution in [3.63, 3.8) is 0 Å². The van der Waals surface area contributed by atoms with Gasteiger partial charge < -0.3 is 10.6 Å². The standard InChI is InChI=1S/C18H19FN2O2S/c19-13-6-7-14-12(11-13)3-1-4-15(14)21-17(22)8-9-20-18(23)16-5-2-10-24-16/h2,5-7,10-11,15H,1,3-4,8-9H2,(H,20,23)(H,21,22)/t15-/m0/s1. The highest BCUT2D eigenvalue weighted by atomic mass is 32.1. The van der Waals surface area contributed by atoms with Gasteiger partial charge in [0, 0.05) is 13.0 Å². The van der Waals surface area contributed by atoms with Crippen molar-refractivity contribution in [1.82, 2.24) is 10.6 Å². The van der Waals surface area contributed by atoms with E-state index in [0.717, 1.165) is 30.4 Å². The lowest BCUT2D eigenvalue weighted by Gasteiger charge is -2.26. The number of halogens is 1. The Bertz CT molecular complexity index is 731. The van der Waals surface area contributed by atoms with Crippen LogP contribution in [0.3, 0.4) is 0 Å². The molecule has 1 aromatic carbocycles. The van der Waals surface area contributed by atoms with E-state index < -0.39 is 0 Å². The molecule has 0 fully saturated rings. The highest BCUT2D eigenvalue weighted by molar-refractivity contribution is 7.12. The number of hydrogen-bond donors (Lipinski definition) is 2. The van der Waals surface area contributed by atoms with Crippen LogP contribution in [0.5, 0.6) is 0 Å². The molecule has 1 aromatic heterocycles. The number of benzene rings is 1. The second-order valence-corrected chi connectivity index (χ2v) is 6.79. The van der Waals surface area contributed by atoms with Gasteiger partial charge in [-0.2, -0.15) is 0 Å². The fraction of sp³-hybridized carbons (Fsp3) is 0.333. The first-order valence-electron chi connectivity index (χ1n) is 8.03. The van der Waals surface area contributed by atoms with Gasteiger partial charge in [-0.1, -0.05) is 12.1 Å². The molecule has 0 bridgehead atoms. The SMILES string of the molecule is O=C(CCNC(=O)c1cccs1)N[C@H]1CCCc2cc(F)ccc21. The first kappa shape index (κ1) is 16.6. The molecule has 1 aliphatic carbocycles. The van der Waals surface area contributed by atoms with Crippen molar-refractivity contribution in [3.05, 3.63) is 57.5 Å². The second-order valence-electron chi connectivity index (χ2n) is 5.84. The van der Waals surface area contributed by atoms with Crippen molar-refractivity contribution in [2.24, 2.45) is 0 Å². The lowest BCUT2D eigenvalue weighted by Crippen LogP contribution is -2.34. The second kappa shape index (κ2) is 7.57. The molecule has 3 rings (SSSR count). The number of nitrogens with one attached hydrogen (secondary N) is 2. The summed E-state index contributed by atoms with van der Waals surface area (Å²) in [6.45, 7) is 0.297. The van der Waals surface area contributed by atoms with Gasteiger partial charge in [0.2, 0.25) is 5.91 Å². The molecule has 6 heteroatoms. The van der Waals surface area contributed by atoms with E-state index in [2.05, 4.69) is 10.6 Å². The van der Waals surface area contributed by atoms with Gasteiger partial charge in [-0.05, 0) is 54.0 Å². The molecule has 2 aromatic rings. The summed E-state index contributed by atoms with van der Waals surface area (Å²) in [4.78, 5) is 24.6. The fourth-order valence-corrected chi connectivity index (χ4v) is 3.62. The number of amides is 2.